The summed E-state index contributed by atoms with van der Waals surface area (Å²) in [5.41, 5.74) is -0.759. The van der Waals surface area contributed by atoms with Crippen molar-refractivity contribution in [3.8, 4) is 0 Å². The second-order valence-electron chi connectivity index (χ2n) is 1.79. The lowest BCUT2D eigenvalue weighted by molar-refractivity contribution is -0.166. The van der Waals surface area contributed by atoms with Gasteiger partial charge in [-0.3, -0.25) is 0 Å². The van der Waals surface area contributed by atoms with Gasteiger partial charge in [-0.05, 0) is 0 Å². The predicted molar refractivity (Wildman–Crippen MR) is 28.0 cm³/mol. The number of carbonyl (C=O) groups is 1. The summed E-state index contributed by atoms with van der Waals surface area (Å²) in [6.07, 6.45) is 1.25. The number of carboxylic acid groups (broad SMARTS) is 1. The number of aromatic nitrogens is 1. The van der Waals surface area contributed by atoms with Crippen LogP contribution in [-0.2, 0) is 10.7 Å². The number of hydrogen-bond acceptors (Lipinski definition) is 3. The minimum Gasteiger partial charge on any atom is -0.477 e. The van der Waals surface area contributed by atoms with Gasteiger partial charge >= 0.3 is 11.9 Å². The summed E-state index contributed by atoms with van der Waals surface area (Å²) >= 11 is 0. The molecule has 0 fully saturated rings. The summed E-state index contributed by atoms with van der Waals surface area (Å²) in [4.78, 5) is 9.90. The van der Waals surface area contributed by atoms with Crippen molar-refractivity contribution in [1.82, 2.24) is 5.16 Å². The minimum absolute atomic E-state index is 0.591. The second kappa shape index (κ2) is 2.30. The topological polar surface area (TPSA) is 63.3 Å². The van der Waals surface area contributed by atoms with E-state index in [9.17, 15) is 13.6 Å². The Morgan fingerprint density at radius 1 is 1.73 bits per heavy atom. The molecule has 1 aromatic rings. The first kappa shape index (κ1) is 7.64. The molecule has 4 nitrogen and oxygen atoms in total. The molecular formula is C5H3F2NO3. The number of aliphatic carboxylic acids is 1. The molecule has 0 atom stereocenters. The Morgan fingerprint density at radius 3 is 2.73 bits per heavy atom. The highest BCUT2D eigenvalue weighted by Crippen LogP contribution is 2.27. The summed E-state index contributed by atoms with van der Waals surface area (Å²) < 4.78 is 28.9. The number of nitrogens with zero attached hydrogens (tertiary/aromatic N) is 1. The smallest absolute Gasteiger partial charge is 0.379 e. The number of carboxylic acids is 1. The first-order valence-electron chi connectivity index (χ1n) is 2.56. The highest BCUT2D eigenvalue weighted by atomic mass is 19.3. The third kappa shape index (κ3) is 1.19. The molecule has 1 aromatic heterocycles. The van der Waals surface area contributed by atoms with Gasteiger partial charge in [0, 0.05) is 0 Å². The first-order valence-corrected chi connectivity index (χ1v) is 2.56. The molecule has 0 saturated heterocycles. The van der Waals surface area contributed by atoms with E-state index in [4.69, 9.17) is 5.11 Å². The van der Waals surface area contributed by atoms with Crippen LogP contribution in [0, 0.1) is 0 Å². The molecule has 6 heteroatoms. The molecule has 0 aromatic carbocycles. The molecule has 0 radical (unpaired) electrons. The molecule has 0 aliphatic rings. The number of hydrogen-bond donors (Lipinski definition) is 1. The molecule has 0 spiro atoms. The van der Waals surface area contributed by atoms with E-state index in [0.29, 0.717) is 12.5 Å². The Balaban J connectivity index is 3.00. The first-order chi connectivity index (χ1) is 5.05. The maximum absolute atomic E-state index is 12.4. The second-order valence-corrected chi connectivity index (χ2v) is 1.79. The van der Waals surface area contributed by atoms with E-state index in [-0.39, 0.29) is 0 Å². The standard InChI is InChI=1S/C5H3F2NO3/c6-5(7,4(9)10)3-1-8-11-2-3/h1-2H,(H,9,10). The predicted octanol–water partition coefficient (Wildman–Crippen LogP) is 0.851. The van der Waals surface area contributed by atoms with Gasteiger partial charge in [0.2, 0.25) is 0 Å². The van der Waals surface area contributed by atoms with Crippen LogP contribution in [0.3, 0.4) is 0 Å². The van der Waals surface area contributed by atoms with Crippen LogP contribution in [0.4, 0.5) is 8.78 Å². The Hall–Kier alpha value is -1.46. The molecule has 11 heavy (non-hydrogen) atoms. The lowest BCUT2D eigenvalue weighted by Gasteiger charge is -2.05. The van der Waals surface area contributed by atoms with Gasteiger partial charge in [0.05, 0.1) is 11.8 Å². The molecule has 0 aliphatic carbocycles. The molecule has 0 bridgehead atoms. The van der Waals surface area contributed by atoms with Gasteiger partial charge in [0.15, 0.2) is 0 Å². The van der Waals surface area contributed by atoms with Gasteiger partial charge in [0.1, 0.15) is 6.26 Å². The van der Waals surface area contributed by atoms with Gasteiger partial charge in [-0.1, -0.05) is 5.16 Å². The average molecular weight is 163 g/mol. The normalized spacial score (nSPS) is 11.5. The number of halogens is 2. The number of alkyl halides is 2. The Morgan fingerprint density at radius 2 is 2.36 bits per heavy atom. The molecular weight excluding hydrogens is 160 g/mol. The zero-order valence-electron chi connectivity index (χ0n) is 5.12. The van der Waals surface area contributed by atoms with Crippen molar-refractivity contribution in [2.24, 2.45) is 0 Å². The minimum atomic E-state index is -3.92. The fraction of sp³-hybridized carbons (Fsp3) is 0.200. The Labute approximate surface area is 59.4 Å². The van der Waals surface area contributed by atoms with E-state index in [1.54, 1.807) is 0 Å². The maximum atomic E-state index is 12.4. The van der Waals surface area contributed by atoms with Crippen molar-refractivity contribution in [1.29, 1.82) is 0 Å². The van der Waals surface area contributed by atoms with E-state index in [1.807, 2.05) is 0 Å². The van der Waals surface area contributed by atoms with Crippen LogP contribution < -0.4 is 0 Å². The Kier molecular flexibility index (Phi) is 1.60. The van der Waals surface area contributed by atoms with Crippen LogP contribution >= 0.6 is 0 Å². The number of rotatable bonds is 2. The lowest BCUT2D eigenvalue weighted by atomic mass is 10.2. The molecule has 1 N–H and O–H groups in total. The van der Waals surface area contributed by atoms with Crippen molar-refractivity contribution in [2.75, 3.05) is 0 Å². The highest BCUT2D eigenvalue weighted by molar-refractivity contribution is 5.76. The van der Waals surface area contributed by atoms with Crippen LogP contribution in [0.15, 0.2) is 17.0 Å². The third-order valence-electron chi connectivity index (χ3n) is 1.06. The molecule has 0 saturated carbocycles. The summed E-state index contributed by atoms with van der Waals surface area (Å²) in [6, 6.07) is 0. The molecule has 1 heterocycles. The van der Waals surface area contributed by atoms with Gasteiger partial charge in [-0.15, -0.1) is 0 Å². The van der Waals surface area contributed by atoms with Crippen LogP contribution in [0.5, 0.6) is 0 Å². The van der Waals surface area contributed by atoms with Crippen molar-refractivity contribution in [2.45, 2.75) is 5.92 Å². The summed E-state index contributed by atoms with van der Waals surface area (Å²) in [5.74, 6) is -6.14. The van der Waals surface area contributed by atoms with Gasteiger partial charge in [-0.25, -0.2) is 4.79 Å². The molecule has 0 aliphatic heterocycles. The fourth-order valence-electron chi connectivity index (χ4n) is 0.483. The van der Waals surface area contributed by atoms with Gasteiger partial charge in [0.25, 0.3) is 0 Å². The largest absolute Gasteiger partial charge is 0.477 e. The quantitative estimate of drug-likeness (QED) is 0.701. The highest BCUT2D eigenvalue weighted by Gasteiger charge is 2.42. The maximum Gasteiger partial charge on any atom is 0.379 e. The summed E-state index contributed by atoms with van der Waals surface area (Å²) in [5, 5.41) is 10.9. The van der Waals surface area contributed by atoms with E-state index in [0.717, 1.165) is 0 Å². The van der Waals surface area contributed by atoms with E-state index < -0.39 is 17.5 Å². The van der Waals surface area contributed by atoms with E-state index >= 15 is 0 Å². The zero-order valence-corrected chi connectivity index (χ0v) is 5.12. The van der Waals surface area contributed by atoms with Crippen LogP contribution in [0.1, 0.15) is 5.56 Å². The average Bonchev–Trinajstić information content (AvgIpc) is 2.37. The molecule has 0 amide bonds. The molecule has 60 valence electrons. The fourth-order valence-corrected chi connectivity index (χ4v) is 0.483. The van der Waals surface area contributed by atoms with Gasteiger partial charge < -0.3 is 9.63 Å². The van der Waals surface area contributed by atoms with Crippen molar-refractivity contribution < 1.29 is 23.2 Å². The summed E-state index contributed by atoms with van der Waals surface area (Å²) in [6.45, 7) is 0. The SMILES string of the molecule is O=C(O)C(F)(F)c1cnoc1. The van der Waals surface area contributed by atoms with E-state index in [1.165, 1.54) is 0 Å². The Bertz CT molecular complexity index is 257. The van der Waals surface area contributed by atoms with Crippen molar-refractivity contribution >= 4 is 5.97 Å². The van der Waals surface area contributed by atoms with Gasteiger partial charge in [-0.2, -0.15) is 8.78 Å². The monoisotopic (exact) mass is 163 g/mol. The lowest BCUT2D eigenvalue weighted by Crippen LogP contribution is -2.24. The van der Waals surface area contributed by atoms with Crippen molar-refractivity contribution in [3.05, 3.63) is 18.0 Å². The van der Waals surface area contributed by atoms with Crippen LogP contribution in [-0.4, -0.2) is 16.2 Å². The molecule has 1 rings (SSSR count). The zero-order chi connectivity index (χ0) is 8.48. The van der Waals surface area contributed by atoms with E-state index in [2.05, 4.69) is 9.68 Å². The molecule has 0 unspecified atom stereocenters. The van der Waals surface area contributed by atoms with Crippen LogP contribution in [0.2, 0.25) is 0 Å². The van der Waals surface area contributed by atoms with Crippen molar-refractivity contribution in [3.63, 3.8) is 0 Å². The van der Waals surface area contributed by atoms with Crippen LogP contribution in [0.25, 0.3) is 0 Å². The third-order valence-corrected chi connectivity index (χ3v) is 1.06. The summed E-state index contributed by atoms with van der Waals surface area (Å²) in [7, 11) is 0.